The molecule has 2 heteroatoms. The van der Waals surface area contributed by atoms with Crippen LogP contribution in [-0.2, 0) is 19.3 Å². The van der Waals surface area contributed by atoms with E-state index in [2.05, 4.69) is 60.2 Å². The fourth-order valence-electron chi connectivity index (χ4n) is 2.70. The highest BCUT2D eigenvalue weighted by atomic mass is 14.9. The molecule has 0 unspecified atom stereocenters. The molecular formula is C22H28N2. The highest BCUT2D eigenvalue weighted by molar-refractivity contribution is 5.53. The predicted molar refractivity (Wildman–Crippen MR) is 104 cm³/mol. The first-order valence-corrected chi connectivity index (χ1v) is 8.79. The predicted octanol–water partition coefficient (Wildman–Crippen LogP) is 6.01. The first-order chi connectivity index (χ1) is 11.4. The summed E-state index contributed by atoms with van der Waals surface area (Å²) in [5.74, 6) is 0. The zero-order chi connectivity index (χ0) is 17.6. The minimum absolute atomic E-state index is 0.135. The Bertz CT molecular complexity index is 705. The summed E-state index contributed by atoms with van der Waals surface area (Å²) in [6.45, 7) is 10.6. The van der Waals surface area contributed by atoms with Crippen LogP contribution in [0, 0.1) is 0 Å². The molecule has 0 fully saturated rings. The number of rotatable bonds is 5. The van der Waals surface area contributed by atoms with Gasteiger partial charge in [-0.05, 0) is 74.4 Å². The molecule has 2 aromatic rings. The summed E-state index contributed by atoms with van der Waals surface area (Å²) in [5.41, 5.74) is 6.46. The fraction of sp³-hybridized carbons (Fsp3) is 0.409. The molecule has 0 heterocycles. The average molecular weight is 320 g/mol. The van der Waals surface area contributed by atoms with Crippen LogP contribution in [-0.4, -0.2) is 11.5 Å². The molecule has 0 aliphatic rings. The highest BCUT2D eigenvalue weighted by Gasteiger charge is 2.07. The third-order valence-electron chi connectivity index (χ3n) is 4.01. The lowest BCUT2D eigenvalue weighted by Crippen LogP contribution is -2.07. The number of hydrogen-bond donors (Lipinski definition) is 0. The van der Waals surface area contributed by atoms with E-state index < -0.39 is 0 Å². The topological polar surface area (TPSA) is 24.7 Å². The van der Waals surface area contributed by atoms with Crippen LogP contribution in [0.2, 0.25) is 0 Å². The molecule has 2 aromatic carbocycles. The Hall–Kier alpha value is -2.18. The lowest BCUT2D eigenvalue weighted by Gasteiger charge is -2.13. The zero-order valence-corrected chi connectivity index (χ0v) is 15.6. The Morgan fingerprint density at radius 3 is 1.96 bits per heavy atom. The number of aliphatic imine (C=N–C) groups is 2. The molecule has 0 aliphatic heterocycles. The van der Waals surface area contributed by atoms with E-state index in [1.54, 1.807) is 0 Å². The first kappa shape index (κ1) is 18.2. The molecular weight excluding hydrogens is 292 g/mol. The van der Waals surface area contributed by atoms with Crippen LogP contribution in [0.25, 0.3) is 0 Å². The average Bonchev–Trinajstić information content (AvgIpc) is 2.55. The minimum atomic E-state index is -0.135. The van der Waals surface area contributed by atoms with Crippen LogP contribution in [0.3, 0.4) is 0 Å². The summed E-state index contributed by atoms with van der Waals surface area (Å²) in [6, 6.07) is 17.9. The van der Waals surface area contributed by atoms with E-state index in [0.29, 0.717) is 0 Å². The maximum Gasteiger partial charge on any atom is 0.0954 e. The Morgan fingerprint density at radius 2 is 1.46 bits per heavy atom. The molecule has 0 aliphatic carbocycles. The van der Waals surface area contributed by atoms with Gasteiger partial charge < -0.3 is 0 Å². The molecule has 0 saturated heterocycles. The maximum absolute atomic E-state index is 4.29. The van der Waals surface area contributed by atoms with Gasteiger partial charge in [0.2, 0.25) is 0 Å². The molecule has 0 saturated carbocycles. The Morgan fingerprint density at radius 1 is 0.875 bits per heavy atom. The fourth-order valence-corrected chi connectivity index (χ4v) is 2.70. The molecule has 2 rings (SSSR count). The van der Waals surface area contributed by atoms with Crippen molar-refractivity contribution >= 4 is 11.7 Å². The van der Waals surface area contributed by atoms with Crippen molar-refractivity contribution in [2.75, 3.05) is 0 Å². The number of hydrogen-bond acceptors (Lipinski definition) is 2. The van der Waals surface area contributed by atoms with Crippen molar-refractivity contribution in [3.63, 3.8) is 0 Å². The minimum Gasteiger partial charge on any atom is -0.219 e. The van der Waals surface area contributed by atoms with E-state index in [-0.39, 0.29) is 5.54 Å². The van der Waals surface area contributed by atoms with Crippen LogP contribution < -0.4 is 0 Å². The van der Waals surface area contributed by atoms with Gasteiger partial charge in [-0.1, -0.05) is 44.2 Å². The van der Waals surface area contributed by atoms with Crippen molar-refractivity contribution in [3.05, 3.63) is 64.7 Å². The van der Waals surface area contributed by atoms with E-state index in [0.717, 1.165) is 24.9 Å². The maximum atomic E-state index is 4.29. The molecule has 0 atom stereocenters. The zero-order valence-electron chi connectivity index (χ0n) is 15.6. The smallest absolute Gasteiger partial charge is 0.0954 e. The molecule has 0 spiro atoms. The lowest BCUT2D eigenvalue weighted by atomic mass is 9.92. The normalized spacial score (nSPS) is 11.0. The van der Waals surface area contributed by atoms with Crippen LogP contribution in [0.5, 0.6) is 0 Å². The van der Waals surface area contributed by atoms with Gasteiger partial charge in [-0.25, -0.2) is 4.99 Å². The van der Waals surface area contributed by atoms with Gasteiger partial charge in [0, 0.05) is 0 Å². The van der Waals surface area contributed by atoms with E-state index >= 15 is 0 Å². The van der Waals surface area contributed by atoms with Crippen LogP contribution >= 0.6 is 0 Å². The second-order valence-electron chi connectivity index (χ2n) is 7.10. The van der Waals surface area contributed by atoms with Crippen LogP contribution in [0.4, 0.5) is 5.69 Å². The number of aryl methyl sites for hydroxylation is 2. The summed E-state index contributed by atoms with van der Waals surface area (Å²) in [4.78, 5) is 8.56. The van der Waals surface area contributed by atoms with Gasteiger partial charge in [-0.2, -0.15) is 4.99 Å². The van der Waals surface area contributed by atoms with E-state index in [1.165, 1.54) is 22.3 Å². The van der Waals surface area contributed by atoms with Crippen LogP contribution in [0.15, 0.2) is 52.4 Å². The van der Waals surface area contributed by atoms with E-state index in [1.807, 2.05) is 32.9 Å². The van der Waals surface area contributed by atoms with Gasteiger partial charge in [-0.15, -0.1) is 0 Å². The number of benzene rings is 2. The molecule has 24 heavy (non-hydrogen) atoms. The first-order valence-electron chi connectivity index (χ1n) is 8.79. The summed E-state index contributed by atoms with van der Waals surface area (Å²) < 4.78 is 0. The quantitative estimate of drug-likeness (QED) is 0.603. The summed E-state index contributed by atoms with van der Waals surface area (Å²) in [5, 5.41) is 0. The molecule has 126 valence electrons. The molecule has 0 N–H and O–H groups in total. The molecule has 0 bridgehead atoms. The largest absolute Gasteiger partial charge is 0.219 e. The highest BCUT2D eigenvalue weighted by Crippen LogP contribution is 2.22. The van der Waals surface area contributed by atoms with Gasteiger partial charge in [0.1, 0.15) is 0 Å². The summed E-state index contributed by atoms with van der Waals surface area (Å²) in [6.07, 6.45) is 3.14. The molecule has 0 radical (unpaired) electrons. The third kappa shape index (κ3) is 5.18. The SMILES string of the molecule is CCc1cccc(CC)c1Cc1ccc(N=C=NC(C)(C)C)cc1. The van der Waals surface area contributed by atoms with Crippen molar-refractivity contribution in [1.82, 2.24) is 0 Å². The number of nitrogens with zero attached hydrogens (tertiary/aromatic N) is 2. The van der Waals surface area contributed by atoms with E-state index in [4.69, 9.17) is 0 Å². The summed E-state index contributed by atoms with van der Waals surface area (Å²) in [7, 11) is 0. The lowest BCUT2D eigenvalue weighted by molar-refractivity contribution is 0.587. The molecule has 0 amide bonds. The Labute approximate surface area is 146 Å². The molecule has 0 aromatic heterocycles. The van der Waals surface area contributed by atoms with Gasteiger partial charge >= 0.3 is 0 Å². The van der Waals surface area contributed by atoms with Gasteiger partial charge in [-0.3, -0.25) is 0 Å². The van der Waals surface area contributed by atoms with E-state index in [9.17, 15) is 0 Å². The standard InChI is InChI=1S/C22H28N2/c1-6-18-9-8-10-19(7-2)21(18)15-17-11-13-20(14-12-17)23-16-24-22(3,4)5/h8-14H,6-7,15H2,1-5H3. The second kappa shape index (κ2) is 8.08. The Kier molecular flexibility index (Phi) is 6.11. The summed E-state index contributed by atoms with van der Waals surface area (Å²) >= 11 is 0. The van der Waals surface area contributed by atoms with Gasteiger partial charge in [0.25, 0.3) is 0 Å². The van der Waals surface area contributed by atoms with Gasteiger partial charge in [0.05, 0.1) is 17.2 Å². The third-order valence-corrected chi connectivity index (χ3v) is 4.01. The van der Waals surface area contributed by atoms with Crippen molar-refractivity contribution in [3.8, 4) is 0 Å². The van der Waals surface area contributed by atoms with Crippen LogP contribution in [0.1, 0.15) is 56.9 Å². The van der Waals surface area contributed by atoms with Crippen molar-refractivity contribution < 1.29 is 0 Å². The van der Waals surface area contributed by atoms with Crippen molar-refractivity contribution in [2.24, 2.45) is 9.98 Å². The van der Waals surface area contributed by atoms with Crippen molar-refractivity contribution in [2.45, 2.75) is 59.4 Å². The monoisotopic (exact) mass is 320 g/mol. The molecule has 2 nitrogen and oxygen atoms in total. The van der Waals surface area contributed by atoms with Gasteiger partial charge in [0.15, 0.2) is 0 Å². The Balaban J connectivity index is 2.20. The van der Waals surface area contributed by atoms with Crippen molar-refractivity contribution in [1.29, 1.82) is 0 Å². The second-order valence-corrected chi connectivity index (χ2v) is 7.10.